The first kappa shape index (κ1) is 14.6. The highest BCUT2D eigenvalue weighted by Crippen LogP contribution is 2.26. The quantitative estimate of drug-likeness (QED) is 0.879. The molecule has 0 saturated heterocycles. The van der Waals surface area contributed by atoms with Crippen LogP contribution in [-0.4, -0.2) is 24.2 Å². The highest BCUT2D eigenvalue weighted by atomic mass is 32.1. The molecule has 1 heterocycles. The van der Waals surface area contributed by atoms with Crippen LogP contribution in [0, 0.1) is 0 Å². The number of ether oxygens (including phenoxy) is 1. The molecule has 0 fully saturated rings. The molecule has 0 saturated carbocycles. The monoisotopic (exact) mass is 256 g/mol. The van der Waals surface area contributed by atoms with Gasteiger partial charge in [-0.05, 0) is 13.8 Å². The number of hydrogen-bond donors (Lipinski definition) is 1. The lowest BCUT2D eigenvalue weighted by atomic mass is 9.98. The molecule has 0 amide bonds. The Kier molecular flexibility index (Phi) is 4.69. The van der Waals surface area contributed by atoms with E-state index >= 15 is 0 Å². The molecule has 0 atom stereocenters. The van der Waals surface area contributed by atoms with E-state index in [4.69, 9.17) is 4.74 Å². The van der Waals surface area contributed by atoms with Gasteiger partial charge in [-0.1, -0.05) is 20.8 Å². The van der Waals surface area contributed by atoms with Crippen molar-refractivity contribution in [3.63, 3.8) is 0 Å². The molecule has 0 aromatic carbocycles. The van der Waals surface area contributed by atoms with E-state index in [2.05, 4.69) is 44.9 Å². The van der Waals surface area contributed by atoms with Crippen LogP contribution in [0.2, 0.25) is 0 Å². The lowest BCUT2D eigenvalue weighted by Gasteiger charge is -2.22. The van der Waals surface area contributed by atoms with Gasteiger partial charge >= 0.3 is 0 Å². The highest BCUT2D eigenvalue weighted by molar-refractivity contribution is 7.11. The normalized spacial score (nSPS) is 13.1. The fraction of sp³-hybridized carbons (Fsp3) is 0.769. The summed E-state index contributed by atoms with van der Waals surface area (Å²) in [7, 11) is 1.74. The second kappa shape index (κ2) is 5.46. The van der Waals surface area contributed by atoms with Crippen molar-refractivity contribution >= 4 is 11.3 Å². The van der Waals surface area contributed by atoms with Crippen LogP contribution in [0.15, 0.2) is 6.20 Å². The summed E-state index contributed by atoms with van der Waals surface area (Å²) in [6, 6.07) is 0. The summed E-state index contributed by atoms with van der Waals surface area (Å²) in [5.41, 5.74) is 0.0340. The van der Waals surface area contributed by atoms with Gasteiger partial charge in [0.15, 0.2) is 0 Å². The molecule has 0 unspecified atom stereocenters. The van der Waals surface area contributed by atoms with E-state index in [-0.39, 0.29) is 11.0 Å². The van der Waals surface area contributed by atoms with Crippen molar-refractivity contribution < 1.29 is 4.74 Å². The summed E-state index contributed by atoms with van der Waals surface area (Å²) in [6.45, 7) is 12.4. The van der Waals surface area contributed by atoms with Crippen LogP contribution in [-0.2, 0) is 16.7 Å². The summed E-state index contributed by atoms with van der Waals surface area (Å²) in [5, 5.41) is 4.60. The Balaban J connectivity index is 2.46. The third-order valence-corrected chi connectivity index (χ3v) is 4.02. The number of hydrogen-bond acceptors (Lipinski definition) is 4. The van der Waals surface area contributed by atoms with E-state index in [0.717, 1.165) is 13.1 Å². The van der Waals surface area contributed by atoms with E-state index in [1.165, 1.54) is 9.88 Å². The van der Waals surface area contributed by atoms with Gasteiger partial charge in [-0.3, -0.25) is 0 Å². The first-order valence-corrected chi connectivity index (χ1v) is 6.77. The van der Waals surface area contributed by atoms with E-state index in [1.54, 1.807) is 18.4 Å². The predicted molar refractivity (Wildman–Crippen MR) is 73.6 cm³/mol. The molecule has 0 spiro atoms. The van der Waals surface area contributed by atoms with Gasteiger partial charge < -0.3 is 10.1 Å². The van der Waals surface area contributed by atoms with Crippen LogP contribution >= 0.6 is 11.3 Å². The van der Waals surface area contributed by atoms with Crippen molar-refractivity contribution in [2.75, 3.05) is 13.7 Å². The van der Waals surface area contributed by atoms with Crippen molar-refractivity contribution in [1.82, 2.24) is 10.3 Å². The van der Waals surface area contributed by atoms with Crippen LogP contribution in [0.4, 0.5) is 0 Å². The number of methoxy groups -OCH3 is 1. The van der Waals surface area contributed by atoms with Gasteiger partial charge in [0.25, 0.3) is 0 Å². The summed E-state index contributed by atoms with van der Waals surface area (Å²) >= 11 is 1.78. The molecule has 98 valence electrons. The molecule has 4 heteroatoms. The minimum absolute atomic E-state index is 0.114. The molecule has 0 aliphatic carbocycles. The van der Waals surface area contributed by atoms with Gasteiger partial charge in [0, 0.05) is 36.7 Å². The Labute approximate surface area is 109 Å². The van der Waals surface area contributed by atoms with Crippen LogP contribution in [0.1, 0.15) is 44.5 Å². The maximum atomic E-state index is 5.36. The third kappa shape index (κ3) is 4.74. The van der Waals surface area contributed by atoms with Gasteiger partial charge in [0.05, 0.1) is 10.6 Å². The van der Waals surface area contributed by atoms with E-state index in [9.17, 15) is 0 Å². The second-order valence-electron chi connectivity index (χ2n) is 5.95. The lowest BCUT2D eigenvalue weighted by Crippen LogP contribution is -2.36. The van der Waals surface area contributed by atoms with Crippen LogP contribution < -0.4 is 5.32 Å². The Hall–Kier alpha value is -0.450. The topological polar surface area (TPSA) is 34.1 Å². The maximum Gasteiger partial charge on any atom is 0.0981 e. The van der Waals surface area contributed by atoms with Gasteiger partial charge in [-0.15, -0.1) is 11.3 Å². The van der Waals surface area contributed by atoms with Gasteiger partial charge in [-0.2, -0.15) is 0 Å². The Morgan fingerprint density at radius 2 is 1.94 bits per heavy atom. The Bertz CT molecular complexity index is 353. The Morgan fingerprint density at radius 3 is 2.41 bits per heavy atom. The maximum absolute atomic E-state index is 5.36. The van der Waals surface area contributed by atoms with Crippen molar-refractivity contribution in [1.29, 1.82) is 0 Å². The van der Waals surface area contributed by atoms with Crippen molar-refractivity contribution in [3.05, 3.63) is 16.1 Å². The summed E-state index contributed by atoms with van der Waals surface area (Å²) in [4.78, 5) is 5.75. The zero-order valence-corrected chi connectivity index (χ0v) is 12.6. The van der Waals surface area contributed by atoms with Crippen molar-refractivity contribution in [2.45, 2.75) is 52.2 Å². The summed E-state index contributed by atoms with van der Waals surface area (Å²) in [6.07, 6.45) is 1.97. The van der Waals surface area contributed by atoms with E-state index < -0.39 is 0 Å². The molecule has 1 N–H and O–H groups in total. The molecule has 0 bridgehead atoms. The largest absolute Gasteiger partial charge is 0.377 e. The average Bonchev–Trinajstić information content (AvgIpc) is 2.66. The highest BCUT2D eigenvalue weighted by Gasteiger charge is 2.19. The number of aromatic nitrogens is 1. The van der Waals surface area contributed by atoms with Gasteiger partial charge in [-0.25, -0.2) is 4.98 Å². The summed E-state index contributed by atoms with van der Waals surface area (Å²) < 4.78 is 5.36. The average molecular weight is 256 g/mol. The fourth-order valence-electron chi connectivity index (χ4n) is 1.29. The van der Waals surface area contributed by atoms with Crippen molar-refractivity contribution in [3.8, 4) is 0 Å². The molecular formula is C13H24N2OS. The number of rotatable bonds is 5. The second-order valence-corrected chi connectivity index (χ2v) is 7.06. The van der Waals surface area contributed by atoms with Crippen LogP contribution in [0.25, 0.3) is 0 Å². The van der Waals surface area contributed by atoms with Crippen molar-refractivity contribution in [2.24, 2.45) is 0 Å². The molecule has 0 aliphatic rings. The van der Waals surface area contributed by atoms with Gasteiger partial charge in [0.1, 0.15) is 0 Å². The van der Waals surface area contributed by atoms with E-state index in [1.807, 2.05) is 6.20 Å². The molecule has 0 radical (unpaired) electrons. The first-order valence-electron chi connectivity index (χ1n) is 5.96. The standard InChI is InChI=1S/C13H24N2OS/c1-12(2,3)11-15-8-10(17-11)7-14-9-13(4,5)16-6/h8,14H,7,9H2,1-6H3. The number of nitrogens with zero attached hydrogens (tertiary/aromatic N) is 1. The predicted octanol–water partition coefficient (Wildman–Crippen LogP) is 2.96. The van der Waals surface area contributed by atoms with Gasteiger partial charge in [0.2, 0.25) is 0 Å². The zero-order chi connectivity index (χ0) is 13.1. The lowest BCUT2D eigenvalue weighted by molar-refractivity contribution is 0.0231. The molecular weight excluding hydrogens is 232 g/mol. The summed E-state index contributed by atoms with van der Waals surface area (Å²) in [5.74, 6) is 0. The third-order valence-electron chi connectivity index (χ3n) is 2.60. The SMILES string of the molecule is COC(C)(C)CNCc1cnc(C(C)(C)C)s1. The van der Waals surface area contributed by atoms with E-state index in [0.29, 0.717) is 0 Å². The number of nitrogens with one attached hydrogen (secondary N) is 1. The molecule has 3 nitrogen and oxygen atoms in total. The zero-order valence-electron chi connectivity index (χ0n) is 11.8. The number of thiazole rings is 1. The molecule has 1 rings (SSSR count). The molecule has 1 aromatic heterocycles. The van der Waals surface area contributed by atoms with Crippen LogP contribution in [0.3, 0.4) is 0 Å². The molecule has 0 aliphatic heterocycles. The minimum Gasteiger partial charge on any atom is -0.377 e. The Morgan fingerprint density at radius 1 is 1.29 bits per heavy atom. The minimum atomic E-state index is -0.114. The smallest absolute Gasteiger partial charge is 0.0981 e. The first-order chi connectivity index (χ1) is 7.74. The fourth-order valence-corrected chi connectivity index (χ4v) is 2.23. The molecule has 17 heavy (non-hydrogen) atoms. The van der Waals surface area contributed by atoms with Crippen LogP contribution in [0.5, 0.6) is 0 Å². The molecule has 1 aromatic rings.